The summed E-state index contributed by atoms with van der Waals surface area (Å²) in [5, 5.41) is 2.89. The van der Waals surface area contributed by atoms with Crippen LogP contribution in [0, 0.1) is 12.7 Å². The van der Waals surface area contributed by atoms with Crippen molar-refractivity contribution >= 4 is 32.6 Å². The molecule has 0 aliphatic heterocycles. The maximum absolute atomic E-state index is 14.8. The highest BCUT2D eigenvalue weighted by molar-refractivity contribution is 7.89. The summed E-state index contributed by atoms with van der Waals surface area (Å²) in [4.78, 5) is 16.5. The standard InChI is InChI=1S/C26H24FN3O6S/c1-16-4-6-17(7-5-16)15-37(32,33)30-26(31)29-18-8-9-23(20(27)12-18)36-22-10-11-28-21-14-25(35-3)24(34-2)13-19(21)22/h4-14H,15H2,1-3H3,(H2,29,30,31). The van der Waals surface area contributed by atoms with Gasteiger partial charge in [0, 0.05) is 29.4 Å². The highest BCUT2D eigenvalue weighted by Crippen LogP contribution is 2.37. The second kappa shape index (κ2) is 10.7. The van der Waals surface area contributed by atoms with Gasteiger partial charge in [0.25, 0.3) is 0 Å². The summed E-state index contributed by atoms with van der Waals surface area (Å²) < 4.78 is 57.8. The van der Waals surface area contributed by atoms with Crippen LogP contribution in [-0.4, -0.2) is 33.7 Å². The van der Waals surface area contributed by atoms with Crippen molar-refractivity contribution < 1.29 is 31.8 Å². The van der Waals surface area contributed by atoms with Crippen molar-refractivity contribution in [1.29, 1.82) is 0 Å². The van der Waals surface area contributed by atoms with Crippen molar-refractivity contribution in [3.05, 3.63) is 83.8 Å². The summed E-state index contributed by atoms with van der Waals surface area (Å²) in [7, 11) is -0.958. The Labute approximate surface area is 213 Å². The summed E-state index contributed by atoms with van der Waals surface area (Å²) in [5.41, 5.74) is 2.10. The van der Waals surface area contributed by atoms with Crippen LogP contribution in [0.25, 0.3) is 10.9 Å². The lowest BCUT2D eigenvalue weighted by Gasteiger charge is -2.13. The maximum atomic E-state index is 14.8. The van der Waals surface area contributed by atoms with Gasteiger partial charge in [0.05, 0.1) is 25.5 Å². The molecule has 1 heterocycles. The van der Waals surface area contributed by atoms with Crippen LogP contribution >= 0.6 is 0 Å². The first-order valence-electron chi connectivity index (χ1n) is 11.0. The SMILES string of the molecule is COc1cc2nccc(Oc3ccc(NC(=O)NS(=O)(=O)Cc4ccc(C)cc4)cc3F)c2cc1OC. The van der Waals surface area contributed by atoms with E-state index in [0.29, 0.717) is 33.7 Å². The number of ether oxygens (including phenoxy) is 3. The minimum Gasteiger partial charge on any atom is -0.493 e. The van der Waals surface area contributed by atoms with Crippen LogP contribution in [0.1, 0.15) is 11.1 Å². The van der Waals surface area contributed by atoms with Crippen LogP contribution in [-0.2, 0) is 15.8 Å². The lowest BCUT2D eigenvalue weighted by molar-refractivity contribution is 0.256. The molecular formula is C26H24FN3O6S. The Morgan fingerprint density at radius 1 is 0.919 bits per heavy atom. The monoisotopic (exact) mass is 525 g/mol. The zero-order chi connectivity index (χ0) is 26.6. The molecule has 2 N–H and O–H groups in total. The number of fused-ring (bicyclic) bond motifs is 1. The van der Waals surface area contributed by atoms with E-state index in [-0.39, 0.29) is 17.2 Å². The van der Waals surface area contributed by atoms with E-state index >= 15 is 0 Å². The third-order valence-electron chi connectivity index (χ3n) is 5.34. The van der Waals surface area contributed by atoms with Gasteiger partial charge in [-0.05, 0) is 36.8 Å². The summed E-state index contributed by atoms with van der Waals surface area (Å²) >= 11 is 0. The number of hydrogen-bond acceptors (Lipinski definition) is 7. The van der Waals surface area contributed by atoms with Crippen LogP contribution in [0.4, 0.5) is 14.9 Å². The summed E-state index contributed by atoms with van der Waals surface area (Å²) in [6.45, 7) is 1.88. The first kappa shape index (κ1) is 25.7. The van der Waals surface area contributed by atoms with Crippen molar-refractivity contribution in [2.45, 2.75) is 12.7 Å². The van der Waals surface area contributed by atoms with Crippen molar-refractivity contribution in [3.63, 3.8) is 0 Å². The number of methoxy groups -OCH3 is 2. The molecule has 0 unspecified atom stereocenters. The Morgan fingerprint density at radius 2 is 1.62 bits per heavy atom. The van der Waals surface area contributed by atoms with Gasteiger partial charge in [0.2, 0.25) is 10.0 Å². The van der Waals surface area contributed by atoms with E-state index in [1.165, 1.54) is 32.5 Å². The molecule has 0 atom stereocenters. The molecule has 11 heteroatoms. The van der Waals surface area contributed by atoms with Crippen LogP contribution in [0.15, 0.2) is 66.9 Å². The first-order chi connectivity index (χ1) is 17.7. The second-order valence-electron chi connectivity index (χ2n) is 8.08. The van der Waals surface area contributed by atoms with Crippen LogP contribution in [0.3, 0.4) is 0 Å². The highest BCUT2D eigenvalue weighted by Gasteiger charge is 2.17. The largest absolute Gasteiger partial charge is 0.493 e. The van der Waals surface area contributed by atoms with E-state index in [0.717, 1.165) is 11.6 Å². The number of hydrogen-bond donors (Lipinski definition) is 2. The lowest BCUT2D eigenvalue weighted by atomic mass is 10.2. The minimum atomic E-state index is -3.96. The average Bonchev–Trinajstić information content (AvgIpc) is 2.85. The molecule has 4 aromatic rings. The fraction of sp³-hybridized carbons (Fsp3) is 0.154. The Balaban J connectivity index is 1.46. The fourth-order valence-electron chi connectivity index (χ4n) is 3.55. The number of halogens is 1. The van der Waals surface area contributed by atoms with E-state index in [1.807, 2.05) is 11.6 Å². The number of rotatable bonds is 8. The van der Waals surface area contributed by atoms with Gasteiger partial charge in [-0.1, -0.05) is 29.8 Å². The molecule has 4 rings (SSSR count). The fourth-order valence-corrected chi connectivity index (χ4v) is 4.59. The number of anilines is 1. The maximum Gasteiger partial charge on any atom is 0.332 e. The van der Waals surface area contributed by atoms with E-state index in [2.05, 4.69) is 10.3 Å². The van der Waals surface area contributed by atoms with E-state index in [9.17, 15) is 17.6 Å². The summed E-state index contributed by atoms with van der Waals surface area (Å²) in [6.07, 6.45) is 1.51. The number of nitrogens with one attached hydrogen (secondary N) is 2. The predicted octanol–water partition coefficient (Wildman–Crippen LogP) is 5.14. The Bertz CT molecular complexity index is 1560. The molecule has 0 aliphatic rings. The minimum absolute atomic E-state index is 0.0406. The number of sulfonamides is 1. The molecule has 37 heavy (non-hydrogen) atoms. The number of pyridine rings is 1. The molecule has 1 aromatic heterocycles. The van der Waals surface area contributed by atoms with Gasteiger partial charge in [0.15, 0.2) is 23.1 Å². The second-order valence-corrected chi connectivity index (χ2v) is 9.80. The van der Waals surface area contributed by atoms with Gasteiger partial charge in [-0.15, -0.1) is 0 Å². The van der Waals surface area contributed by atoms with Gasteiger partial charge in [-0.2, -0.15) is 0 Å². The van der Waals surface area contributed by atoms with Crippen LogP contribution in [0.2, 0.25) is 0 Å². The molecule has 2 amide bonds. The zero-order valence-electron chi connectivity index (χ0n) is 20.2. The van der Waals surface area contributed by atoms with Crippen molar-refractivity contribution in [2.75, 3.05) is 19.5 Å². The quantitative estimate of drug-likeness (QED) is 0.327. The van der Waals surface area contributed by atoms with Crippen LogP contribution in [0.5, 0.6) is 23.0 Å². The van der Waals surface area contributed by atoms with E-state index < -0.39 is 21.9 Å². The Hall–Kier alpha value is -4.38. The third kappa shape index (κ3) is 6.25. The van der Waals surface area contributed by atoms with Gasteiger partial charge in [-0.3, -0.25) is 4.98 Å². The molecule has 0 saturated carbocycles. The molecule has 0 bridgehead atoms. The average molecular weight is 526 g/mol. The molecule has 0 fully saturated rings. The number of benzene rings is 3. The lowest BCUT2D eigenvalue weighted by Crippen LogP contribution is -2.35. The molecule has 192 valence electrons. The predicted molar refractivity (Wildman–Crippen MR) is 137 cm³/mol. The molecule has 0 radical (unpaired) electrons. The third-order valence-corrected chi connectivity index (χ3v) is 6.55. The molecule has 3 aromatic carbocycles. The van der Waals surface area contributed by atoms with Gasteiger partial charge >= 0.3 is 6.03 Å². The molecule has 9 nitrogen and oxygen atoms in total. The number of carbonyl (C=O) groups is 1. The van der Waals surface area contributed by atoms with Crippen molar-refractivity contribution in [2.24, 2.45) is 0 Å². The molecule has 0 saturated heterocycles. The number of carbonyl (C=O) groups excluding carboxylic acids is 1. The smallest absolute Gasteiger partial charge is 0.332 e. The topological polar surface area (TPSA) is 116 Å². The number of amides is 2. The van der Waals surface area contributed by atoms with Gasteiger partial charge in [-0.25, -0.2) is 22.3 Å². The van der Waals surface area contributed by atoms with Gasteiger partial charge in [0.1, 0.15) is 5.75 Å². The normalized spacial score (nSPS) is 11.1. The molecule has 0 aliphatic carbocycles. The van der Waals surface area contributed by atoms with E-state index in [1.54, 1.807) is 42.5 Å². The van der Waals surface area contributed by atoms with Gasteiger partial charge < -0.3 is 19.5 Å². The number of aryl methyl sites for hydroxylation is 1. The number of nitrogens with zero attached hydrogens (tertiary/aromatic N) is 1. The molecular weight excluding hydrogens is 501 g/mol. The number of aromatic nitrogens is 1. The Kier molecular flexibility index (Phi) is 7.44. The van der Waals surface area contributed by atoms with Crippen molar-refractivity contribution in [1.82, 2.24) is 9.71 Å². The summed E-state index contributed by atoms with van der Waals surface area (Å²) in [6, 6.07) is 14.5. The Morgan fingerprint density at radius 3 is 2.30 bits per heavy atom. The van der Waals surface area contributed by atoms with Crippen molar-refractivity contribution in [3.8, 4) is 23.0 Å². The zero-order valence-corrected chi connectivity index (χ0v) is 21.1. The number of urea groups is 1. The van der Waals surface area contributed by atoms with Crippen LogP contribution < -0.4 is 24.2 Å². The first-order valence-corrected chi connectivity index (χ1v) is 12.7. The highest BCUT2D eigenvalue weighted by atomic mass is 32.2. The summed E-state index contributed by atoms with van der Waals surface area (Å²) in [5.74, 6) is 0.00592. The molecule has 0 spiro atoms. The van der Waals surface area contributed by atoms with E-state index in [4.69, 9.17) is 14.2 Å².